The molecule has 0 unspecified atom stereocenters. The van der Waals surface area contributed by atoms with Crippen molar-refractivity contribution in [3.05, 3.63) is 121 Å². The van der Waals surface area contributed by atoms with Crippen molar-refractivity contribution in [1.82, 2.24) is 17.9 Å². The van der Waals surface area contributed by atoms with Crippen molar-refractivity contribution < 1.29 is 0 Å². The Kier molecular flexibility index (Phi) is 3.82. The van der Waals surface area contributed by atoms with E-state index >= 15 is 0 Å². The van der Waals surface area contributed by atoms with Crippen molar-refractivity contribution in [2.75, 3.05) is 0 Å². The molecule has 0 aliphatic carbocycles. The summed E-state index contributed by atoms with van der Waals surface area (Å²) in [5.74, 6) is 0. The van der Waals surface area contributed by atoms with Crippen LogP contribution >= 0.6 is 0 Å². The SMILES string of the molecule is Cn1c2ccccc2c2cc3c(cc21)c1cccc2c4cc5c(cc4n3c12)c1cccc2c3cc4c(cc3n5c21)c1ccccc1n4C. The first-order valence-corrected chi connectivity index (χ1v) is 16.7. The van der Waals surface area contributed by atoms with Crippen LogP contribution in [-0.4, -0.2) is 17.9 Å². The molecule has 0 spiro atoms. The predicted molar refractivity (Wildman–Crippen MR) is 204 cm³/mol. The Bertz CT molecular complexity index is 3340. The van der Waals surface area contributed by atoms with E-state index in [-0.39, 0.29) is 0 Å². The molecule has 0 bridgehead atoms. The Morgan fingerprint density at radius 3 is 0.938 bits per heavy atom. The number of nitrogens with zero attached hydrogens (tertiary/aromatic N) is 4. The largest absolute Gasteiger partial charge is 0.344 e. The van der Waals surface area contributed by atoms with Crippen LogP contribution < -0.4 is 0 Å². The molecule has 4 nitrogen and oxygen atoms in total. The van der Waals surface area contributed by atoms with Crippen LogP contribution in [-0.2, 0) is 14.1 Å². The van der Waals surface area contributed by atoms with Gasteiger partial charge < -0.3 is 17.9 Å². The maximum absolute atomic E-state index is 2.54. The van der Waals surface area contributed by atoms with Gasteiger partial charge in [-0.1, -0.05) is 72.8 Å². The Hall–Kier alpha value is -6.26. The van der Waals surface area contributed by atoms with E-state index in [0.29, 0.717) is 0 Å². The van der Waals surface area contributed by atoms with Gasteiger partial charge >= 0.3 is 0 Å². The lowest BCUT2D eigenvalue weighted by Gasteiger charge is -2.03. The number of fused-ring (bicyclic) bond motifs is 18. The van der Waals surface area contributed by atoms with Crippen LogP contribution in [0.4, 0.5) is 0 Å². The molecule has 48 heavy (non-hydrogen) atoms. The number of hydrogen-bond acceptors (Lipinski definition) is 0. The zero-order valence-electron chi connectivity index (χ0n) is 26.3. The lowest BCUT2D eigenvalue weighted by molar-refractivity contribution is 1.02. The molecule has 6 aromatic heterocycles. The fraction of sp³-hybridized carbons (Fsp3) is 0.0455. The van der Waals surface area contributed by atoms with Crippen molar-refractivity contribution >= 4 is 120 Å². The third kappa shape index (κ3) is 2.46. The summed E-state index contributed by atoms with van der Waals surface area (Å²) in [5, 5.41) is 15.7. The van der Waals surface area contributed by atoms with Crippen LogP contribution in [0.15, 0.2) is 121 Å². The Labute approximate surface area is 272 Å². The Balaban J connectivity index is 1.23. The molecule has 7 aromatic carbocycles. The maximum Gasteiger partial charge on any atom is 0.0620 e. The number of hydrogen-bond donors (Lipinski definition) is 0. The Morgan fingerprint density at radius 1 is 0.271 bits per heavy atom. The van der Waals surface area contributed by atoms with Gasteiger partial charge in [-0.15, -0.1) is 0 Å². The van der Waals surface area contributed by atoms with Crippen LogP contribution in [0.5, 0.6) is 0 Å². The summed E-state index contributed by atoms with van der Waals surface area (Å²) in [7, 11) is 4.38. The highest BCUT2D eigenvalue weighted by atomic mass is 15.0. The number of aromatic nitrogens is 4. The smallest absolute Gasteiger partial charge is 0.0620 e. The minimum absolute atomic E-state index is 1.27. The summed E-state index contributed by atoms with van der Waals surface area (Å²) in [6.07, 6.45) is 0. The molecule has 0 saturated carbocycles. The summed E-state index contributed by atoms with van der Waals surface area (Å²) in [4.78, 5) is 0. The molecule has 0 amide bonds. The maximum atomic E-state index is 2.54. The van der Waals surface area contributed by atoms with E-state index in [0.717, 1.165) is 0 Å². The average molecular weight is 611 g/mol. The zero-order valence-corrected chi connectivity index (χ0v) is 26.3. The van der Waals surface area contributed by atoms with Crippen LogP contribution in [0.1, 0.15) is 0 Å². The summed E-state index contributed by atoms with van der Waals surface area (Å²) in [5.41, 5.74) is 12.8. The predicted octanol–water partition coefficient (Wildman–Crippen LogP) is 11.3. The van der Waals surface area contributed by atoms with Crippen molar-refractivity contribution in [2.24, 2.45) is 14.1 Å². The lowest BCUT2D eigenvalue weighted by atomic mass is 10.0. The number of benzene rings is 7. The van der Waals surface area contributed by atoms with Crippen LogP contribution in [0, 0.1) is 0 Å². The minimum atomic E-state index is 1.27. The molecular formula is C44H26N4. The van der Waals surface area contributed by atoms with E-state index in [2.05, 4.69) is 153 Å². The molecule has 13 rings (SSSR count). The van der Waals surface area contributed by atoms with Crippen molar-refractivity contribution in [3.63, 3.8) is 0 Å². The van der Waals surface area contributed by atoms with Crippen molar-refractivity contribution in [3.8, 4) is 0 Å². The first kappa shape index (κ1) is 24.0. The third-order valence-corrected chi connectivity index (χ3v) is 11.8. The lowest BCUT2D eigenvalue weighted by Crippen LogP contribution is -1.87. The molecule has 13 aromatic rings. The fourth-order valence-corrected chi connectivity index (χ4v) is 9.75. The number of rotatable bonds is 0. The normalized spacial score (nSPS) is 13.2. The first-order chi connectivity index (χ1) is 23.7. The van der Waals surface area contributed by atoms with Gasteiger partial charge in [0.2, 0.25) is 0 Å². The molecule has 6 heterocycles. The van der Waals surface area contributed by atoms with Crippen LogP contribution in [0.25, 0.3) is 120 Å². The molecule has 0 saturated heterocycles. The van der Waals surface area contributed by atoms with Gasteiger partial charge in [-0.2, -0.15) is 0 Å². The Morgan fingerprint density at radius 2 is 0.562 bits per heavy atom. The molecule has 0 N–H and O–H groups in total. The van der Waals surface area contributed by atoms with Gasteiger partial charge in [-0.3, -0.25) is 0 Å². The molecule has 0 radical (unpaired) electrons. The van der Waals surface area contributed by atoms with E-state index in [1.807, 2.05) is 0 Å². The second-order valence-corrected chi connectivity index (χ2v) is 13.9. The fourth-order valence-electron chi connectivity index (χ4n) is 9.75. The minimum Gasteiger partial charge on any atom is -0.344 e. The van der Waals surface area contributed by atoms with E-state index < -0.39 is 0 Å². The van der Waals surface area contributed by atoms with Gasteiger partial charge in [-0.05, 0) is 48.5 Å². The highest BCUT2D eigenvalue weighted by Gasteiger charge is 2.24. The number of para-hydroxylation sites is 4. The van der Waals surface area contributed by atoms with Crippen LogP contribution in [0.2, 0.25) is 0 Å². The molecule has 0 aliphatic rings. The molecule has 0 aliphatic heterocycles. The van der Waals surface area contributed by atoms with E-state index in [4.69, 9.17) is 0 Å². The highest BCUT2D eigenvalue weighted by Crippen LogP contribution is 2.46. The third-order valence-electron chi connectivity index (χ3n) is 11.8. The first-order valence-electron chi connectivity index (χ1n) is 16.7. The van der Waals surface area contributed by atoms with Gasteiger partial charge in [0, 0.05) is 101 Å². The van der Waals surface area contributed by atoms with Gasteiger partial charge in [0.25, 0.3) is 0 Å². The van der Waals surface area contributed by atoms with E-state index in [1.54, 1.807) is 0 Å². The second-order valence-electron chi connectivity index (χ2n) is 13.9. The van der Waals surface area contributed by atoms with Crippen molar-refractivity contribution in [1.29, 1.82) is 0 Å². The van der Waals surface area contributed by atoms with Gasteiger partial charge in [-0.25, -0.2) is 0 Å². The van der Waals surface area contributed by atoms with Crippen LogP contribution in [0.3, 0.4) is 0 Å². The second kappa shape index (κ2) is 7.64. The van der Waals surface area contributed by atoms with E-state index in [9.17, 15) is 0 Å². The van der Waals surface area contributed by atoms with Gasteiger partial charge in [0.05, 0.1) is 33.1 Å². The highest BCUT2D eigenvalue weighted by molar-refractivity contribution is 6.30. The van der Waals surface area contributed by atoms with Crippen molar-refractivity contribution in [2.45, 2.75) is 0 Å². The summed E-state index contributed by atoms with van der Waals surface area (Å²) in [6.45, 7) is 0. The monoisotopic (exact) mass is 610 g/mol. The quantitative estimate of drug-likeness (QED) is 0.163. The standard InChI is InChI=1S/C44H26N4/c1-45-35-15-5-3-9-23(35)29-19-39-31(17-37(29)45)25-11-7-13-27-33-22-42-34(21-41(33)47(39)43(25)27)28-14-8-12-26-32-18-38-30(20-40(32)48(42)44(26)28)24-10-4-6-16-36(24)46(38)2/h3-22H,1-2H3. The summed E-state index contributed by atoms with van der Waals surface area (Å²) >= 11 is 0. The molecule has 0 fully saturated rings. The molecule has 4 heteroatoms. The molecule has 222 valence electrons. The summed E-state index contributed by atoms with van der Waals surface area (Å²) in [6, 6.07) is 45.9. The van der Waals surface area contributed by atoms with Gasteiger partial charge in [0.1, 0.15) is 0 Å². The summed E-state index contributed by atoms with van der Waals surface area (Å²) < 4.78 is 9.77. The van der Waals surface area contributed by atoms with E-state index in [1.165, 1.54) is 120 Å². The topological polar surface area (TPSA) is 18.7 Å². The van der Waals surface area contributed by atoms with Gasteiger partial charge in [0.15, 0.2) is 0 Å². The molecule has 0 atom stereocenters. The number of aryl methyl sites for hydroxylation is 2. The molecular weight excluding hydrogens is 585 g/mol. The zero-order chi connectivity index (χ0) is 31.2. The average Bonchev–Trinajstić information content (AvgIpc) is 3.94.